The van der Waals surface area contributed by atoms with Crippen molar-refractivity contribution in [2.24, 2.45) is 0 Å². The van der Waals surface area contributed by atoms with Crippen LogP contribution in [0.2, 0.25) is 15.2 Å². The molecule has 1 N–H and O–H groups in total. The summed E-state index contributed by atoms with van der Waals surface area (Å²) < 4.78 is 0. The number of halogens is 3. The summed E-state index contributed by atoms with van der Waals surface area (Å²) in [5, 5.41) is 10.4. The molecular weight excluding hydrogens is 258 g/mol. The first-order valence-corrected chi connectivity index (χ1v) is 5.66. The number of pyridine rings is 1. The summed E-state index contributed by atoms with van der Waals surface area (Å²) in [5.41, 5.74) is 0. The van der Waals surface area contributed by atoms with E-state index in [4.69, 9.17) is 34.8 Å². The van der Waals surface area contributed by atoms with Crippen LogP contribution < -0.4 is 4.90 Å². The molecule has 0 aromatic carbocycles. The molecule has 0 spiro atoms. The van der Waals surface area contributed by atoms with Crippen LogP contribution in [-0.2, 0) is 0 Å². The molecule has 1 aromatic rings. The highest BCUT2D eigenvalue weighted by atomic mass is 35.5. The van der Waals surface area contributed by atoms with E-state index in [0.29, 0.717) is 22.4 Å². The monoisotopic (exact) mass is 266 g/mol. The van der Waals surface area contributed by atoms with E-state index >= 15 is 0 Å². The van der Waals surface area contributed by atoms with Gasteiger partial charge in [-0.3, -0.25) is 0 Å². The van der Waals surface area contributed by atoms with Crippen molar-refractivity contribution in [2.75, 3.05) is 18.0 Å². The van der Waals surface area contributed by atoms with Gasteiger partial charge >= 0.3 is 0 Å². The van der Waals surface area contributed by atoms with Gasteiger partial charge in [0.05, 0.1) is 16.1 Å². The van der Waals surface area contributed by atoms with Crippen LogP contribution in [0.25, 0.3) is 0 Å². The van der Waals surface area contributed by atoms with Crippen LogP contribution in [0.3, 0.4) is 0 Å². The van der Waals surface area contributed by atoms with E-state index in [1.807, 2.05) is 4.90 Å². The van der Waals surface area contributed by atoms with Crippen molar-refractivity contribution in [3.05, 3.63) is 21.3 Å². The number of β-amino-alcohol motifs (C(OH)–C–C–N with tert-alkyl or cyclic N) is 1. The maximum Gasteiger partial charge on any atom is 0.150 e. The smallest absolute Gasteiger partial charge is 0.150 e. The van der Waals surface area contributed by atoms with Crippen molar-refractivity contribution < 1.29 is 5.11 Å². The van der Waals surface area contributed by atoms with Crippen LogP contribution in [-0.4, -0.2) is 29.3 Å². The lowest BCUT2D eigenvalue weighted by Gasteiger charge is -2.18. The molecule has 1 saturated heterocycles. The van der Waals surface area contributed by atoms with Gasteiger partial charge in [0.1, 0.15) is 11.0 Å². The lowest BCUT2D eigenvalue weighted by atomic mass is 10.3. The molecule has 82 valence electrons. The maximum atomic E-state index is 9.40. The molecule has 1 fully saturated rings. The molecule has 0 aliphatic carbocycles. The second-order valence-electron chi connectivity index (χ2n) is 3.45. The molecule has 1 aromatic heterocycles. The van der Waals surface area contributed by atoms with Gasteiger partial charge in [-0.05, 0) is 12.5 Å². The molecule has 2 rings (SSSR count). The summed E-state index contributed by atoms with van der Waals surface area (Å²) in [4.78, 5) is 6.00. The minimum atomic E-state index is -0.322. The Labute approximate surface area is 103 Å². The van der Waals surface area contributed by atoms with Gasteiger partial charge in [-0.25, -0.2) is 4.98 Å². The van der Waals surface area contributed by atoms with Crippen molar-refractivity contribution in [1.29, 1.82) is 0 Å². The quantitative estimate of drug-likeness (QED) is 0.795. The van der Waals surface area contributed by atoms with Crippen molar-refractivity contribution in [3.63, 3.8) is 0 Å². The summed E-state index contributed by atoms with van der Waals surface area (Å²) in [5.74, 6) is 0.586. The van der Waals surface area contributed by atoms with Gasteiger partial charge in [0.15, 0.2) is 0 Å². The largest absolute Gasteiger partial charge is 0.391 e. The normalized spacial score (nSPS) is 21.1. The number of aliphatic hydroxyl groups excluding tert-OH is 1. The zero-order chi connectivity index (χ0) is 11.0. The van der Waals surface area contributed by atoms with Gasteiger partial charge < -0.3 is 10.0 Å². The van der Waals surface area contributed by atoms with Crippen LogP contribution in [0.15, 0.2) is 6.07 Å². The number of aliphatic hydroxyl groups is 1. The first-order valence-electron chi connectivity index (χ1n) is 4.52. The summed E-state index contributed by atoms with van der Waals surface area (Å²) in [6.45, 7) is 1.26. The summed E-state index contributed by atoms with van der Waals surface area (Å²) in [7, 11) is 0. The van der Waals surface area contributed by atoms with E-state index in [1.165, 1.54) is 0 Å². The van der Waals surface area contributed by atoms with Gasteiger partial charge in [0.25, 0.3) is 0 Å². The highest BCUT2D eigenvalue weighted by molar-refractivity contribution is 6.42. The minimum absolute atomic E-state index is 0.234. The van der Waals surface area contributed by atoms with E-state index in [1.54, 1.807) is 6.07 Å². The third-order valence-corrected chi connectivity index (χ3v) is 3.28. The number of anilines is 1. The van der Waals surface area contributed by atoms with Gasteiger partial charge in [0.2, 0.25) is 0 Å². The molecule has 3 nitrogen and oxygen atoms in total. The third-order valence-electron chi connectivity index (χ3n) is 2.33. The van der Waals surface area contributed by atoms with E-state index in [9.17, 15) is 5.11 Å². The second-order valence-corrected chi connectivity index (χ2v) is 4.63. The predicted molar refractivity (Wildman–Crippen MR) is 62.1 cm³/mol. The Hall–Kier alpha value is -0.220. The predicted octanol–water partition coefficient (Wildman–Crippen LogP) is 2.61. The first-order chi connectivity index (χ1) is 7.08. The Morgan fingerprint density at radius 1 is 1.33 bits per heavy atom. The fraction of sp³-hybridized carbons (Fsp3) is 0.444. The zero-order valence-corrected chi connectivity index (χ0v) is 10.0. The van der Waals surface area contributed by atoms with E-state index in [2.05, 4.69) is 4.98 Å². The van der Waals surface area contributed by atoms with Crippen molar-refractivity contribution in [1.82, 2.24) is 4.98 Å². The molecular formula is C9H9Cl3N2O. The van der Waals surface area contributed by atoms with Crippen molar-refractivity contribution >= 4 is 40.6 Å². The Kier molecular flexibility index (Phi) is 3.26. The lowest BCUT2D eigenvalue weighted by Crippen LogP contribution is -2.22. The molecule has 1 aliphatic rings. The van der Waals surface area contributed by atoms with E-state index < -0.39 is 0 Å². The number of nitrogens with zero attached hydrogens (tertiary/aromatic N) is 2. The van der Waals surface area contributed by atoms with Crippen LogP contribution >= 0.6 is 34.8 Å². The van der Waals surface area contributed by atoms with Gasteiger partial charge in [0, 0.05) is 13.1 Å². The minimum Gasteiger partial charge on any atom is -0.391 e. The molecule has 1 atom stereocenters. The number of rotatable bonds is 1. The van der Waals surface area contributed by atoms with Crippen LogP contribution in [0.1, 0.15) is 6.42 Å². The molecule has 2 heterocycles. The van der Waals surface area contributed by atoms with Crippen molar-refractivity contribution in [3.8, 4) is 0 Å². The van der Waals surface area contributed by atoms with Crippen LogP contribution in [0.5, 0.6) is 0 Å². The third kappa shape index (κ3) is 2.31. The second kappa shape index (κ2) is 4.34. The fourth-order valence-electron chi connectivity index (χ4n) is 1.59. The average molecular weight is 268 g/mol. The SMILES string of the molecule is OC1CCN(c2nc(Cl)c(Cl)cc2Cl)C1. The standard InChI is InChI=1S/C9H9Cl3N2O/c10-6-3-7(11)9(13-8(6)12)14-2-1-5(15)4-14/h3,5,15H,1-2,4H2. The summed E-state index contributed by atoms with van der Waals surface area (Å²) in [6.07, 6.45) is 0.399. The molecule has 0 bridgehead atoms. The van der Waals surface area contributed by atoms with E-state index in [-0.39, 0.29) is 11.3 Å². The van der Waals surface area contributed by atoms with Gasteiger partial charge in [-0.1, -0.05) is 34.8 Å². The summed E-state index contributed by atoms with van der Waals surface area (Å²) in [6, 6.07) is 1.57. The molecule has 0 amide bonds. The van der Waals surface area contributed by atoms with Gasteiger partial charge in [-0.2, -0.15) is 0 Å². The molecule has 1 unspecified atom stereocenters. The number of hydrogen-bond donors (Lipinski definition) is 1. The molecule has 1 aliphatic heterocycles. The lowest BCUT2D eigenvalue weighted by molar-refractivity contribution is 0.198. The topological polar surface area (TPSA) is 36.4 Å². The number of hydrogen-bond acceptors (Lipinski definition) is 3. The average Bonchev–Trinajstić information content (AvgIpc) is 2.58. The van der Waals surface area contributed by atoms with Crippen molar-refractivity contribution in [2.45, 2.75) is 12.5 Å². The molecule has 15 heavy (non-hydrogen) atoms. The fourth-order valence-corrected chi connectivity index (χ4v) is 2.20. The Morgan fingerprint density at radius 3 is 2.67 bits per heavy atom. The van der Waals surface area contributed by atoms with Crippen LogP contribution in [0, 0.1) is 0 Å². The molecule has 0 radical (unpaired) electrons. The maximum absolute atomic E-state index is 9.40. The molecule has 6 heteroatoms. The number of aromatic nitrogens is 1. The summed E-state index contributed by atoms with van der Waals surface area (Å²) >= 11 is 17.6. The Bertz CT molecular complexity index is 386. The van der Waals surface area contributed by atoms with Gasteiger partial charge in [-0.15, -0.1) is 0 Å². The van der Waals surface area contributed by atoms with Crippen LogP contribution in [0.4, 0.5) is 5.82 Å². The molecule has 0 saturated carbocycles. The Morgan fingerprint density at radius 2 is 2.07 bits per heavy atom. The Balaban J connectivity index is 2.32. The first kappa shape index (κ1) is 11.3. The van der Waals surface area contributed by atoms with E-state index in [0.717, 1.165) is 13.0 Å². The highest BCUT2D eigenvalue weighted by Crippen LogP contribution is 2.32. The highest BCUT2D eigenvalue weighted by Gasteiger charge is 2.23. The zero-order valence-electron chi connectivity index (χ0n) is 7.75.